The highest BCUT2D eigenvalue weighted by Crippen LogP contribution is 2.33. The van der Waals surface area contributed by atoms with Gasteiger partial charge in [0.1, 0.15) is 18.1 Å². The van der Waals surface area contributed by atoms with Gasteiger partial charge in [0, 0.05) is 23.6 Å². The van der Waals surface area contributed by atoms with E-state index in [-0.39, 0.29) is 17.5 Å². The number of rotatable bonds is 11. The molecule has 4 aromatic heterocycles. The maximum Gasteiger partial charge on any atom is 0.252 e. The van der Waals surface area contributed by atoms with Crippen LogP contribution in [0, 0.1) is 5.92 Å². The molecule has 5 aromatic rings. The fraction of sp³-hybridized carbons (Fsp3) is 0.333. The van der Waals surface area contributed by atoms with Gasteiger partial charge in [-0.3, -0.25) is 9.69 Å². The number of nitrogens with zero attached hydrogens (tertiary/aromatic N) is 5. The van der Waals surface area contributed by atoms with Crippen LogP contribution in [0.5, 0.6) is 11.5 Å². The van der Waals surface area contributed by atoms with Crippen LogP contribution in [0.15, 0.2) is 68.6 Å². The zero-order chi connectivity index (χ0) is 26.6. The molecule has 0 spiro atoms. The third-order valence-electron chi connectivity index (χ3n) is 6.47. The summed E-state index contributed by atoms with van der Waals surface area (Å²) in [5.41, 5.74) is 1.07. The van der Waals surface area contributed by atoms with Crippen LogP contribution in [0.2, 0.25) is 0 Å². The molecule has 0 aliphatic rings. The number of ether oxygens (including phenoxy) is 2. The van der Waals surface area contributed by atoms with Crippen LogP contribution < -0.4 is 15.0 Å². The van der Waals surface area contributed by atoms with E-state index in [0.29, 0.717) is 48.0 Å². The van der Waals surface area contributed by atoms with E-state index >= 15 is 0 Å². The molecule has 1 unspecified atom stereocenters. The van der Waals surface area contributed by atoms with Gasteiger partial charge < -0.3 is 23.3 Å². The Hall–Kier alpha value is -4.38. The van der Waals surface area contributed by atoms with Gasteiger partial charge >= 0.3 is 0 Å². The molecule has 0 radical (unpaired) electrons. The van der Waals surface area contributed by atoms with Gasteiger partial charge in [-0.05, 0) is 52.7 Å². The predicted octanol–water partition coefficient (Wildman–Crippen LogP) is 4.17. The number of hydrogen-bond donors (Lipinski definition) is 1. The molecular formula is C27H30N6O5. The molecule has 11 heteroatoms. The van der Waals surface area contributed by atoms with Crippen molar-refractivity contribution >= 4 is 10.9 Å². The molecule has 0 fully saturated rings. The summed E-state index contributed by atoms with van der Waals surface area (Å²) in [6, 6.07) is 12.8. The minimum absolute atomic E-state index is 0.107. The molecule has 0 bridgehead atoms. The van der Waals surface area contributed by atoms with Crippen LogP contribution in [-0.4, -0.2) is 44.3 Å². The van der Waals surface area contributed by atoms with E-state index in [1.807, 2.05) is 36.4 Å². The standard InChI is InChI=1S/C27H30N6O5/c1-17(2)25(26-29-30-31-33(26)16-21-8-6-10-38-21)32(15-20-7-5-9-37-20)14-19-11-18-12-23(35-3)24(36-4)13-22(18)28-27(19)34/h5-13,17,25H,14-16H2,1-4H3,(H,28,34). The van der Waals surface area contributed by atoms with Crippen LogP contribution in [0.4, 0.5) is 0 Å². The van der Waals surface area contributed by atoms with Crippen molar-refractivity contribution in [3.05, 3.63) is 88.3 Å². The molecule has 11 nitrogen and oxygen atoms in total. The highest BCUT2D eigenvalue weighted by Gasteiger charge is 2.31. The van der Waals surface area contributed by atoms with Gasteiger partial charge in [0.15, 0.2) is 17.3 Å². The summed E-state index contributed by atoms with van der Waals surface area (Å²) in [6.45, 7) is 5.38. The Bertz CT molecular complexity index is 1540. The van der Waals surface area contributed by atoms with E-state index in [1.54, 1.807) is 37.5 Å². The van der Waals surface area contributed by atoms with Gasteiger partial charge in [-0.1, -0.05) is 13.8 Å². The molecule has 0 amide bonds. The number of tetrazole rings is 1. The van der Waals surface area contributed by atoms with Crippen LogP contribution in [0.1, 0.15) is 42.8 Å². The Labute approximate surface area is 219 Å². The fourth-order valence-electron chi connectivity index (χ4n) is 4.74. The summed E-state index contributed by atoms with van der Waals surface area (Å²) in [7, 11) is 3.15. The number of benzene rings is 1. The smallest absolute Gasteiger partial charge is 0.252 e. The first kappa shape index (κ1) is 25.3. The topological polar surface area (TPSA) is 124 Å². The number of furan rings is 2. The molecule has 0 aliphatic carbocycles. The van der Waals surface area contributed by atoms with Crippen molar-refractivity contribution in [3.8, 4) is 11.5 Å². The van der Waals surface area contributed by atoms with Crippen LogP contribution in [-0.2, 0) is 19.6 Å². The number of pyridine rings is 1. The second-order valence-corrected chi connectivity index (χ2v) is 9.37. The van der Waals surface area contributed by atoms with Crippen molar-refractivity contribution in [1.29, 1.82) is 0 Å². The number of aromatic amines is 1. The van der Waals surface area contributed by atoms with Gasteiger partial charge in [-0.15, -0.1) is 5.10 Å². The average molecular weight is 519 g/mol. The monoisotopic (exact) mass is 518 g/mol. The molecule has 1 N–H and O–H groups in total. The number of fused-ring (bicyclic) bond motifs is 1. The third-order valence-corrected chi connectivity index (χ3v) is 6.47. The molecule has 1 aromatic carbocycles. The number of hydrogen-bond acceptors (Lipinski definition) is 9. The van der Waals surface area contributed by atoms with Gasteiger partial charge in [-0.2, -0.15) is 0 Å². The SMILES string of the molecule is COc1cc2cc(CN(Cc3ccco3)C(c3nnnn3Cc3ccco3)C(C)C)c(=O)[nH]c2cc1OC. The fourth-order valence-corrected chi connectivity index (χ4v) is 4.74. The zero-order valence-electron chi connectivity index (χ0n) is 21.7. The minimum Gasteiger partial charge on any atom is -0.493 e. The molecule has 0 saturated carbocycles. The lowest BCUT2D eigenvalue weighted by molar-refractivity contribution is 0.116. The molecule has 198 valence electrons. The Kier molecular flexibility index (Phi) is 7.27. The molecule has 38 heavy (non-hydrogen) atoms. The summed E-state index contributed by atoms with van der Waals surface area (Å²) in [6.07, 6.45) is 3.26. The summed E-state index contributed by atoms with van der Waals surface area (Å²) < 4.78 is 23.8. The largest absolute Gasteiger partial charge is 0.493 e. The maximum atomic E-state index is 13.2. The molecule has 1 atom stereocenters. The molecule has 5 rings (SSSR count). The van der Waals surface area contributed by atoms with Gasteiger partial charge in [0.2, 0.25) is 0 Å². The summed E-state index contributed by atoms with van der Waals surface area (Å²) in [5, 5.41) is 13.4. The Morgan fingerprint density at radius 3 is 2.37 bits per heavy atom. The number of aromatic nitrogens is 5. The first-order chi connectivity index (χ1) is 18.5. The lowest BCUT2D eigenvalue weighted by Gasteiger charge is -2.32. The van der Waals surface area contributed by atoms with E-state index in [0.717, 1.165) is 16.9 Å². The van der Waals surface area contributed by atoms with E-state index in [2.05, 4.69) is 39.3 Å². The zero-order valence-corrected chi connectivity index (χ0v) is 21.7. The Morgan fingerprint density at radius 1 is 1.00 bits per heavy atom. The number of H-pyrrole nitrogens is 1. The van der Waals surface area contributed by atoms with Crippen LogP contribution >= 0.6 is 0 Å². The normalized spacial score (nSPS) is 12.5. The van der Waals surface area contributed by atoms with Crippen molar-refractivity contribution in [2.75, 3.05) is 14.2 Å². The van der Waals surface area contributed by atoms with Crippen molar-refractivity contribution in [3.63, 3.8) is 0 Å². The van der Waals surface area contributed by atoms with Crippen LogP contribution in [0.25, 0.3) is 10.9 Å². The number of nitrogens with one attached hydrogen (secondary N) is 1. The molecule has 0 aliphatic heterocycles. The first-order valence-electron chi connectivity index (χ1n) is 12.3. The van der Waals surface area contributed by atoms with Gasteiger partial charge in [0.25, 0.3) is 5.56 Å². The molecular weight excluding hydrogens is 488 g/mol. The highest BCUT2D eigenvalue weighted by molar-refractivity contribution is 5.83. The lowest BCUT2D eigenvalue weighted by atomic mass is 10.00. The third kappa shape index (κ3) is 5.18. The summed E-state index contributed by atoms with van der Waals surface area (Å²) in [4.78, 5) is 18.4. The summed E-state index contributed by atoms with van der Waals surface area (Å²) >= 11 is 0. The van der Waals surface area contributed by atoms with Gasteiger partial charge in [-0.25, -0.2) is 4.68 Å². The van der Waals surface area contributed by atoms with E-state index < -0.39 is 0 Å². The van der Waals surface area contributed by atoms with Gasteiger partial charge in [0.05, 0.1) is 44.8 Å². The minimum atomic E-state index is -0.231. The second kappa shape index (κ2) is 10.9. The van der Waals surface area contributed by atoms with Crippen molar-refractivity contribution < 1.29 is 18.3 Å². The highest BCUT2D eigenvalue weighted by atomic mass is 16.5. The van der Waals surface area contributed by atoms with Crippen LogP contribution in [0.3, 0.4) is 0 Å². The van der Waals surface area contributed by atoms with Crippen molar-refractivity contribution in [1.82, 2.24) is 30.1 Å². The molecule has 4 heterocycles. The quantitative estimate of drug-likeness (QED) is 0.274. The van der Waals surface area contributed by atoms with Crippen molar-refractivity contribution in [2.45, 2.75) is 39.5 Å². The van der Waals surface area contributed by atoms with Crippen molar-refractivity contribution in [2.24, 2.45) is 5.92 Å². The Morgan fingerprint density at radius 2 is 1.71 bits per heavy atom. The average Bonchev–Trinajstić information content (AvgIpc) is 3.69. The van der Waals surface area contributed by atoms with E-state index in [4.69, 9.17) is 18.3 Å². The molecule has 0 saturated heterocycles. The van der Waals surface area contributed by atoms with E-state index in [1.165, 1.54) is 0 Å². The predicted molar refractivity (Wildman–Crippen MR) is 139 cm³/mol. The first-order valence-corrected chi connectivity index (χ1v) is 12.3. The Balaban J connectivity index is 1.55. The second-order valence-electron chi connectivity index (χ2n) is 9.37. The number of methoxy groups -OCH3 is 2. The summed E-state index contributed by atoms with van der Waals surface area (Å²) in [5.74, 6) is 3.42. The van der Waals surface area contributed by atoms with E-state index in [9.17, 15) is 4.79 Å². The lowest BCUT2D eigenvalue weighted by Crippen LogP contribution is -2.35. The maximum absolute atomic E-state index is 13.2.